The van der Waals surface area contributed by atoms with Crippen LogP contribution in [0.3, 0.4) is 0 Å². The van der Waals surface area contributed by atoms with Gasteiger partial charge in [0.1, 0.15) is 6.20 Å². The minimum atomic E-state index is -0.530. The zero-order valence-electron chi connectivity index (χ0n) is 11.7. The SMILES string of the molecule is CCNc1ncc([N+](=O)[O-])c(NC(C)C(CO)SC)n1. The lowest BCUT2D eigenvalue weighted by molar-refractivity contribution is -0.384. The summed E-state index contributed by atoms with van der Waals surface area (Å²) in [6, 6.07) is -0.168. The summed E-state index contributed by atoms with van der Waals surface area (Å²) in [6.45, 7) is 4.33. The van der Waals surface area contributed by atoms with Gasteiger partial charge >= 0.3 is 5.69 Å². The van der Waals surface area contributed by atoms with Gasteiger partial charge in [0.2, 0.25) is 11.8 Å². The molecule has 9 heteroatoms. The summed E-state index contributed by atoms with van der Waals surface area (Å²) in [4.78, 5) is 18.5. The number of nitrogens with one attached hydrogen (secondary N) is 2. The number of aliphatic hydroxyl groups is 1. The van der Waals surface area contributed by atoms with Crippen molar-refractivity contribution in [2.45, 2.75) is 25.1 Å². The maximum Gasteiger partial charge on any atom is 0.329 e. The molecule has 1 rings (SSSR count). The van der Waals surface area contributed by atoms with Gasteiger partial charge in [0.05, 0.1) is 11.5 Å². The molecule has 1 heterocycles. The van der Waals surface area contributed by atoms with Gasteiger partial charge in [0.15, 0.2) is 0 Å². The molecule has 0 aliphatic heterocycles. The predicted molar refractivity (Wildman–Crippen MR) is 80.3 cm³/mol. The van der Waals surface area contributed by atoms with Gasteiger partial charge in [-0.05, 0) is 20.1 Å². The minimum absolute atomic E-state index is 0.0196. The van der Waals surface area contributed by atoms with Crippen molar-refractivity contribution in [1.29, 1.82) is 0 Å². The Balaban J connectivity index is 3.00. The van der Waals surface area contributed by atoms with Crippen LogP contribution in [-0.2, 0) is 0 Å². The van der Waals surface area contributed by atoms with E-state index in [1.807, 2.05) is 20.1 Å². The number of hydrogen-bond donors (Lipinski definition) is 3. The Morgan fingerprint density at radius 3 is 2.80 bits per heavy atom. The molecule has 0 aromatic carbocycles. The van der Waals surface area contributed by atoms with Crippen LogP contribution in [0.4, 0.5) is 17.5 Å². The van der Waals surface area contributed by atoms with Crippen LogP contribution in [0.15, 0.2) is 6.20 Å². The van der Waals surface area contributed by atoms with Crippen LogP contribution >= 0.6 is 11.8 Å². The van der Waals surface area contributed by atoms with Crippen LogP contribution in [0.25, 0.3) is 0 Å². The fourth-order valence-electron chi connectivity index (χ4n) is 1.60. The molecule has 1 aromatic rings. The van der Waals surface area contributed by atoms with E-state index in [0.717, 1.165) is 0 Å². The smallest absolute Gasteiger partial charge is 0.329 e. The van der Waals surface area contributed by atoms with Crippen molar-refractivity contribution in [1.82, 2.24) is 9.97 Å². The fraction of sp³-hybridized carbons (Fsp3) is 0.636. The molecule has 0 saturated heterocycles. The highest BCUT2D eigenvalue weighted by atomic mass is 32.2. The molecule has 0 radical (unpaired) electrons. The van der Waals surface area contributed by atoms with Gasteiger partial charge in [-0.1, -0.05) is 0 Å². The summed E-state index contributed by atoms with van der Waals surface area (Å²) in [5.41, 5.74) is -0.184. The highest BCUT2D eigenvalue weighted by Crippen LogP contribution is 2.24. The number of nitrogens with zero attached hydrogens (tertiary/aromatic N) is 3. The van der Waals surface area contributed by atoms with E-state index in [2.05, 4.69) is 20.6 Å². The maximum atomic E-state index is 11.0. The third-order valence-electron chi connectivity index (χ3n) is 2.71. The lowest BCUT2D eigenvalue weighted by Crippen LogP contribution is -2.31. The van der Waals surface area contributed by atoms with Gasteiger partial charge in [0, 0.05) is 17.8 Å². The summed E-state index contributed by atoms with van der Waals surface area (Å²) in [5, 5.41) is 26.1. The molecular formula is C11H19N5O3S. The zero-order valence-corrected chi connectivity index (χ0v) is 12.5. The van der Waals surface area contributed by atoms with Crippen molar-refractivity contribution in [2.24, 2.45) is 0 Å². The van der Waals surface area contributed by atoms with E-state index < -0.39 is 4.92 Å². The summed E-state index contributed by atoms with van der Waals surface area (Å²) in [7, 11) is 0. The van der Waals surface area contributed by atoms with Crippen molar-refractivity contribution in [3.05, 3.63) is 16.3 Å². The van der Waals surface area contributed by atoms with Crippen molar-refractivity contribution in [3.8, 4) is 0 Å². The summed E-state index contributed by atoms with van der Waals surface area (Å²) < 4.78 is 0. The van der Waals surface area contributed by atoms with Gasteiger partial charge < -0.3 is 15.7 Å². The molecule has 2 atom stereocenters. The molecular weight excluding hydrogens is 282 g/mol. The average Bonchev–Trinajstić information content (AvgIpc) is 2.40. The van der Waals surface area contributed by atoms with E-state index >= 15 is 0 Å². The molecule has 0 saturated carbocycles. The van der Waals surface area contributed by atoms with E-state index in [1.54, 1.807) is 0 Å². The van der Waals surface area contributed by atoms with Gasteiger partial charge in [0.25, 0.3) is 0 Å². The first-order chi connectivity index (χ1) is 9.53. The standard InChI is InChI=1S/C11H19N5O3S/c1-4-12-11-13-5-8(16(18)19)10(15-11)14-7(2)9(6-17)20-3/h5,7,9,17H,4,6H2,1-3H3,(H2,12,13,14,15). The van der Waals surface area contributed by atoms with Gasteiger partial charge in [-0.3, -0.25) is 10.1 Å². The Hall–Kier alpha value is -1.61. The van der Waals surface area contributed by atoms with Crippen molar-refractivity contribution >= 4 is 29.2 Å². The number of hydrogen-bond acceptors (Lipinski definition) is 8. The van der Waals surface area contributed by atoms with E-state index in [9.17, 15) is 15.2 Å². The van der Waals surface area contributed by atoms with Crippen LogP contribution in [-0.4, -0.2) is 50.7 Å². The number of aromatic nitrogens is 2. The largest absolute Gasteiger partial charge is 0.395 e. The normalized spacial score (nSPS) is 13.6. The van der Waals surface area contributed by atoms with E-state index in [1.165, 1.54) is 18.0 Å². The van der Waals surface area contributed by atoms with Crippen molar-refractivity contribution < 1.29 is 10.0 Å². The van der Waals surface area contributed by atoms with Crippen molar-refractivity contribution in [2.75, 3.05) is 30.0 Å². The Morgan fingerprint density at radius 2 is 2.30 bits per heavy atom. The number of nitro groups is 1. The summed E-state index contributed by atoms with van der Waals surface area (Å²) in [6.07, 6.45) is 3.05. The van der Waals surface area contributed by atoms with Crippen LogP contribution in [0.2, 0.25) is 0 Å². The van der Waals surface area contributed by atoms with Gasteiger partial charge in [-0.2, -0.15) is 16.7 Å². The van der Waals surface area contributed by atoms with E-state index in [4.69, 9.17) is 0 Å². The Bertz CT molecular complexity index is 456. The molecule has 0 fully saturated rings. The topological polar surface area (TPSA) is 113 Å². The van der Waals surface area contributed by atoms with Gasteiger partial charge in [-0.25, -0.2) is 4.98 Å². The second kappa shape index (κ2) is 7.85. The van der Waals surface area contributed by atoms with Crippen LogP contribution in [0, 0.1) is 10.1 Å². The zero-order chi connectivity index (χ0) is 15.1. The van der Waals surface area contributed by atoms with E-state index in [0.29, 0.717) is 12.5 Å². The van der Waals surface area contributed by atoms with Crippen LogP contribution < -0.4 is 10.6 Å². The lowest BCUT2D eigenvalue weighted by atomic mass is 10.2. The molecule has 0 aliphatic rings. The second-order valence-corrected chi connectivity index (χ2v) is 5.18. The molecule has 0 bridgehead atoms. The fourth-order valence-corrected chi connectivity index (χ4v) is 2.23. The number of aliphatic hydroxyl groups excluding tert-OH is 1. The number of anilines is 2. The molecule has 0 spiro atoms. The first-order valence-corrected chi connectivity index (χ1v) is 7.47. The third-order valence-corrected chi connectivity index (χ3v) is 3.87. The molecule has 8 nitrogen and oxygen atoms in total. The first kappa shape index (κ1) is 16.4. The number of rotatable bonds is 8. The Morgan fingerprint density at radius 1 is 1.60 bits per heavy atom. The van der Waals surface area contributed by atoms with Gasteiger partial charge in [-0.15, -0.1) is 0 Å². The molecule has 20 heavy (non-hydrogen) atoms. The Kier molecular flexibility index (Phi) is 6.46. The minimum Gasteiger partial charge on any atom is -0.395 e. The molecule has 112 valence electrons. The third kappa shape index (κ3) is 4.20. The van der Waals surface area contributed by atoms with Crippen molar-refractivity contribution in [3.63, 3.8) is 0 Å². The number of thioether (sulfide) groups is 1. The highest BCUT2D eigenvalue weighted by Gasteiger charge is 2.22. The quantitative estimate of drug-likeness (QED) is 0.487. The maximum absolute atomic E-state index is 11.0. The van der Waals surface area contributed by atoms with E-state index in [-0.39, 0.29) is 29.4 Å². The predicted octanol–water partition coefficient (Wildman–Crippen LogP) is 1.34. The van der Waals surface area contributed by atoms with Crippen LogP contribution in [0.1, 0.15) is 13.8 Å². The molecule has 3 N–H and O–H groups in total. The highest BCUT2D eigenvalue weighted by molar-refractivity contribution is 7.99. The Labute approximate surface area is 121 Å². The lowest BCUT2D eigenvalue weighted by Gasteiger charge is -2.21. The van der Waals surface area contributed by atoms with Crippen LogP contribution in [0.5, 0.6) is 0 Å². The first-order valence-electron chi connectivity index (χ1n) is 6.18. The molecule has 2 unspecified atom stereocenters. The molecule has 0 aliphatic carbocycles. The summed E-state index contributed by atoms with van der Waals surface area (Å²) in [5.74, 6) is 0.485. The molecule has 1 aromatic heterocycles. The summed E-state index contributed by atoms with van der Waals surface area (Å²) >= 11 is 1.48. The molecule has 0 amide bonds. The average molecular weight is 301 g/mol. The monoisotopic (exact) mass is 301 g/mol. The second-order valence-electron chi connectivity index (χ2n) is 4.10.